The van der Waals surface area contributed by atoms with Gasteiger partial charge in [-0.25, -0.2) is 17.1 Å². The first kappa shape index (κ1) is 15.4. The van der Waals surface area contributed by atoms with Gasteiger partial charge >= 0.3 is 5.97 Å². The van der Waals surface area contributed by atoms with Crippen LogP contribution >= 0.6 is 0 Å². The highest BCUT2D eigenvalue weighted by Gasteiger charge is 2.21. The molecule has 0 aliphatic carbocycles. The lowest BCUT2D eigenvalue weighted by Gasteiger charge is -2.16. The molecule has 6 nitrogen and oxygen atoms in total. The molecule has 1 rings (SSSR count). The van der Waals surface area contributed by atoms with Crippen molar-refractivity contribution in [1.82, 2.24) is 4.31 Å². The third-order valence-electron chi connectivity index (χ3n) is 2.27. The Hall–Kier alpha value is -1.67. The minimum Gasteiger partial charge on any atom is -0.492 e. The van der Waals surface area contributed by atoms with Crippen molar-refractivity contribution in [2.24, 2.45) is 0 Å². The molecule has 0 bridgehead atoms. The highest BCUT2D eigenvalue weighted by Crippen LogP contribution is 2.11. The largest absolute Gasteiger partial charge is 0.492 e. The van der Waals surface area contributed by atoms with Crippen LogP contribution in [0.4, 0.5) is 4.39 Å². The molecule has 0 radical (unpaired) electrons. The zero-order chi connectivity index (χ0) is 14.5. The first-order chi connectivity index (χ1) is 8.81. The highest BCUT2D eigenvalue weighted by atomic mass is 32.2. The summed E-state index contributed by atoms with van der Waals surface area (Å²) in [5, 5.41) is 8.45. The van der Waals surface area contributed by atoms with Crippen LogP contribution in [-0.2, 0) is 14.8 Å². The molecule has 1 N–H and O–H groups in total. The Morgan fingerprint density at radius 2 is 1.95 bits per heavy atom. The van der Waals surface area contributed by atoms with Crippen LogP contribution in [-0.4, -0.2) is 49.8 Å². The van der Waals surface area contributed by atoms with Crippen LogP contribution in [0.15, 0.2) is 24.3 Å². The molecule has 0 aromatic heterocycles. The van der Waals surface area contributed by atoms with Gasteiger partial charge in [0.05, 0.1) is 0 Å². The summed E-state index contributed by atoms with van der Waals surface area (Å²) in [6, 6.07) is 5.28. The van der Waals surface area contributed by atoms with E-state index in [0.717, 1.165) is 4.31 Å². The van der Waals surface area contributed by atoms with E-state index < -0.39 is 27.6 Å². The Balaban J connectivity index is 2.44. The number of likely N-dealkylation sites (N-methyl/N-ethyl adjacent to an activating group) is 1. The lowest BCUT2D eigenvalue weighted by atomic mass is 10.3. The van der Waals surface area contributed by atoms with Gasteiger partial charge in [0.1, 0.15) is 18.2 Å². The number of sulfonamides is 1. The van der Waals surface area contributed by atoms with Crippen molar-refractivity contribution in [3.63, 3.8) is 0 Å². The van der Waals surface area contributed by atoms with Crippen molar-refractivity contribution in [2.45, 2.75) is 0 Å². The molecule has 19 heavy (non-hydrogen) atoms. The predicted molar refractivity (Wildman–Crippen MR) is 65.9 cm³/mol. The molecule has 0 unspecified atom stereocenters. The summed E-state index contributed by atoms with van der Waals surface area (Å²) in [5.41, 5.74) is 0. The van der Waals surface area contributed by atoms with Crippen molar-refractivity contribution in [3.8, 4) is 5.75 Å². The number of hydrogen-bond acceptors (Lipinski definition) is 4. The summed E-state index contributed by atoms with van der Waals surface area (Å²) in [6.07, 6.45) is 0. The van der Waals surface area contributed by atoms with Gasteiger partial charge < -0.3 is 9.84 Å². The molecular formula is C11H14FNO5S. The average molecular weight is 291 g/mol. The molecule has 0 amide bonds. The smallest absolute Gasteiger partial charge is 0.320 e. The molecule has 0 heterocycles. The Morgan fingerprint density at radius 3 is 2.47 bits per heavy atom. The monoisotopic (exact) mass is 291 g/mol. The topological polar surface area (TPSA) is 83.9 Å². The van der Waals surface area contributed by atoms with Gasteiger partial charge in [0.25, 0.3) is 0 Å². The number of rotatable bonds is 7. The maximum absolute atomic E-state index is 12.6. The normalized spacial score (nSPS) is 11.5. The number of hydrogen-bond donors (Lipinski definition) is 1. The second-order valence-corrected chi connectivity index (χ2v) is 5.85. The van der Waals surface area contributed by atoms with Crippen LogP contribution in [0.25, 0.3) is 0 Å². The summed E-state index contributed by atoms with van der Waals surface area (Å²) < 4.78 is 41.7. The van der Waals surface area contributed by atoms with Crippen LogP contribution in [0.1, 0.15) is 0 Å². The lowest BCUT2D eigenvalue weighted by Crippen LogP contribution is -2.35. The summed E-state index contributed by atoms with van der Waals surface area (Å²) in [6.45, 7) is 0.0496. The molecule has 0 aliphatic heterocycles. The Morgan fingerprint density at radius 1 is 1.37 bits per heavy atom. The van der Waals surface area contributed by atoms with E-state index in [1.807, 2.05) is 0 Å². The predicted octanol–water partition coefficient (Wildman–Crippen LogP) is 0.551. The van der Waals surface area contributed by atoms with Crippen molar-refractivity contribution in [2.75, 3.05) is 26.0 Å². The third kappa shape index (κ3) is 5.23. The first-order valence-electron chi connectivity index (χ1n) is 5.35. The Bertz CT molecular complexity index is 529. The van der Waals surface area contributed by atoms with Crippen molar-refractivity contribution >= 4 is 16.0 Å². The van der Waals surface area contributed by atoms with Gasteiger partial charge in [-0.2, -0.15) is 0 Å². The Kier molecular flexibility index (Phi) is 5.25. The molecule has 0 aliphatic rings. The van der Waals surface area contributed by atoms with E-state index in [0.29, 0.717) is 5.75 Å². The number of carbonyl (C=O) groups is 1. The summed E-state index contributed by atoms with van der Waals surface area (Å²) >= 11 is 0. The molecule has 1 aromatic rings. The second-order valence-electron chi connectivity index (χ2n) is 3.77. The molecule has 1 aromatic carbocycles. The van der Waals surface area contributed by atoms with E-state index in [2.05, 4.69) is 0 Å². The van der Waals surface area contributed by atoms with Gasteiger partial charge in [-0.3, -0.25) is 4.79 Å². The molecule has 0 spiro atoms. The lowest BCUT2D eigenvalue weighted by molar-refractivity contribution is -0.134. The third-order valence-corrected chi connectivity index (χ3v) is 4.01. The van der Waals surface area contributed by atoms with E-state index in [9.17, 15) is 17.6 Å². The van der Waals surface area contributed by atoms with Gasteiger partial charge in [0.15, 0.2) is 5.75 Å². The zero-order valence-electron chi connectivity index (χ0n) is 10.2. The van der Waals surface area contributed by atoms with Gasteiger partial charge in [0.2, 0.25) is 10.0 Å². The fraction of sp³-hybridized carbons (Fsp3) is 0.364. The maximum Gasteiger partial charge on any atom is 0.320 e. The quantitative estimate of drug-likeness (QED) is 0.793. The minimum atomic E-state index is -3.83. The molecule has 0 atom stereocenters. The van der Waals surface area contributed by atoms with Gasteiger partial charge in [0, 0.05) is 13.6 Å². The summed E-state index contributed by atoms with van der Waals surface area (Å²) in [5.74, 6) is -2.36. The number of benzene rings is 1. The molecule has 106 valence electrons. The molecule has 0 saturated heterocycles. The van der Waals surface area contributed by atoms with Gasteiger partial charge in [-0.15, -0.1) is 0 Å². The highest BCUT2D eigenvalue weighted by molar-refractivity contribution is 7.89. The number of nitrogens with zero attached hydrogens (tertiary/aromatic N) is 1. The fourth-order valence-corrected chi connectivity index (χ4v) is 2.11. The van der Waals surface area contributed by atoms with Crippen molar-refractivity contribution in [1.29, 1.82) is 0 Å². The molecular weight excluding hydrogens is 277 g/mol. The Labute approximate surface area is 110 Å². The number of carboxylic acids is 1. The number of aliphatic carboxylic acids is 1. The second kappa shape index (κ2) is 6.48. The van der Waals surface area contributed by atoms with Crippen LogP contribution in [0.5, 0.6) is 5.75 Å². The van der Waals surface area contributed by atoms with E-state index >= 15 is 0 Å². The summed E-state index contributed by atoms with van der Waals surface area (Å²) in [4.78, 5) is 10.4. The fourth-order valence-electron chi connectivity index (χ4n) is 1.23. The van der Waals surface area contributed by atoms with E-state index in [1.54, 1.807) is 0 Å². The van der Waals surface area contributed by atoms with Gasteiger partial charge in [-0.05, 0) is 24.3 Å². The van der Waals surface area contributed by atoms with Crippen LogP contribution in [0, 0.1) is 5.82 Å². The SMILES string of the molecule is CN(CCOc1ccc(F)cc1)S(=O)(=O)CC(=O)O. The van der Waals surface area contributed by atoms with Crippen molar-refractivity contribution in [3.05, 3.63) is 30.1 Å². The number of carboxylic acid groups (broad SMARTS) is 1. The van der Waals surface area contributed by atoms with Crippen LogP contribution in [0.3, 0.4) is 0 Å². The van der Waals surface area contributed by atoms with Crippen molar-refractivity contribution < 1.29 is 27.4 Å². The summed E-state index contributed by atoms with van der Waals surface area (Å²) in [7, 11) is -2.56. The maximum atomic E-state index is 12.6. The van der Waals surface area contributed by atoms with E-state index in [4.69, 9.17) is 9.84 Å². The van der Waals surface area contributed by atoms with E-state index in [1.165, 1.54) is 31.3 Å². The number of halogens is 1. The van der Waals surface area contributed by atoms with Crippen LogP contribution < -0.4 is 4.74 Å². The molecule has 0 saturated carbocycles. The van der Waals surface area contributed by atoms with E-state index in [-0.39, 0.29) is 13.2 Å². The molecule has 8 heteroatoms. The first-order valence-corrected chi connectivity index (χ1v) is 6.96. The number of ether oxygens (including phenoxy) is 1. The van der Waals surface area contributed by atoms with Gasteiger partial charge in [-0.1, -0.05) is 0 Å². The van der Waals surface area contributed by atoms with Crippen LogP contribution in [0.2, 0.25) is 0 Å². The minimum absolute atomic E-state index is 0.00693. The molecule has 0 fully saturated rings. The zero-order valence-corrected chi connectivity index (χ0v) is 11.1. The average Bonchev–Trinajstić information content (AvgIpc) is 2.30. The standard InChI is InChI=1S/C11H14FNO5S/c1-13(19(16,17)8-11(14)15)6-7-18-10-4-2-9(12)3-5-10/h2-5H,6-8H2,1H3,(H,14,15).